The molecule has 7 nitrogen and oxygen atoms in total. The Bertz CT molecular complexity index is 1010. The molecule has 0 amide bonds. The molecule has 3 N–H and O–H groups in total. The van der Waals surface area contributed by atoms with Gasteiger partial charge in [0.1, 0.15) is 0 Å². The Labute approximate surface area is 165 Å². The molecule has 8 heteroatoms. The normalized spacial score (nSPS) is 13.4. The molecule has 0 aliphatic heterocycles. The van der Waals surface area contributed by atoms with Crippen molar-refractivity contribution in [3.63, 3.8) is 0 Å². The summed E-state index contributed by atoms with van der Waals surface area (Å²) in [5.41, 5.74) is 4.05. The van der Waals surface area contributed by atoms with Crippen molar-refractivity contribution in [3.05, 3.63) is 79.8 Å². The highest BCUT2D eigenvalue weighted by molar-refractivity contribution is 6.33. The molecule has 0 aliphatic rings. The largest absolute Gasteiger partial charge is 0.481 e. The number of rotatable bonds is 9. The zero-order valence-electron chi connectivity index (χ0n) is 14.8. The van der Waals surface area contributed by atoms with Gasteiger partial charge in [0.05, 0.1) is 12.5 Å². The van der Waals surface area contributed by atoms with Gasteiger partial charge in [0.15, 0.2) is 0 Å². The average molecular weight is 403 g/mol. The van der Waals surface area contributed by atoms with Crippen LogP contribution in [-0.4, -0.2) is 33.5 Å². The van der Waals surface area contributed by atoms with Crippen LogP contribution in [0.1, 0.15) is 12.0 Å². The molecule has 2 aromatic carbocycles. The van der Waals surface area contributed by atoms with Gasteiger partial charge in [-0.15, -0.1) is 0 Å². The van der Waals surface area contributed by atoms with Gasteiger partial charge in [0.25, 0.3) is 0 Å². The number of aliphatic carboxylic acids is 1. The van der Waals surface area contributed by atoms with E-state index in [-0.39, 0.29) is 6.42 Å². The van der Waals surface area contributed by atoms with Crippen molar-refractivity contribution in [2.24, 2.45) is 5.92 Å². The molecule has 0 aliphatic carbocycles. The Morgan fingerprint density at radius 2 is 1.79 bits per heavy atom. The van der Waals surface area contributed by atoms with Crippen molar-refractivity contribution in [2.45, 2.75) is 18.9 Å². The number of aliphatic hydroxyl groups is 1. The van der Waals surface area contributed by atoms with Crippen LogP contribution in [0.4, 0.5) is 0 Å². The number of hydrogen-bond acceptors (Lipinski definition) is 5. The first-order valence-corrected chi connectivity index (χ1v) is 9.10. The molecular weight excluding hydrogens is 384 g/mol. The Morgan fingerprint density at radius 1 is 1.11 bits per heavy atom. The molecule has 0 unspecified atom stereocenters. The minimum Gasteiger partial charge on any atom is -0.481 e. The molecule has 2 atom stereocenters. The van der Waals surface area contributed by atoms with E-state index in [0.29, 0.717) is 11.4 Å². The van der Waals surface area contributed by atoms with Crippen LogP contribution in [-0.2, 0) is 11.2 Å². The first-order valence-electron chi connectivity index (χ1n) is 8.72. The summed E-state index contributed by atoms with van der Waals surface area (Å²) in [6.07, 6.45) is 0.372. The molecule has 0 bridgehead atoms. The highest BCUT2D eigenvalue weighted by atomic mass is 35.5. The van der Waals surface area contributed by atoms with Crippen molar-refractivity contribution in [1.82, 2.24) is 4.68 Å². The molecule has 146 valence electrons. The van der Waals surface area contributed by atoms with Crippen LogP contribution in [0.5, 0.6) is 0 Å². The van der Waals surface area contributed by atoms with Crippen molar-refractivity contribution < 1.29 is 15.0 Å². The summed E-state index contributed by atoms with van der Waals surface area (Å²) < 4.78 is 0.848. The van der Waals surface area contributed by atoms with E-state index in [2.05, 4.69) is 5.43 Å². The molecule has 0 radical (unpaired) electrons. The lowest BCUT2D eigenvalue weighted by Crippen LogP contribution is -2.34. The molecule has 0 spiro atoms. The first kappa shape index (κ1) is 19.9. The average Bonchev–Trinajstić information content (AvgIpc) is 3.24. The molecule has 1 heterocycles. The number of aromatic nitrogens is 1. The van der Waals surface area contributed by atoms with E-state index in [1.165, 1.54) is 0 Å². The van der Waals surface area contributed by atoms with Crippen molar-refractivity contribution in [1.29, 1.82) is 0 Å². The van der Waals surface area contributed by atoms with Gasteiger partial charge in [-0.05, 0) is 30.0 Å². The van der Waals surface area contributed by atoms with Crippen LogP contribution < -0.4 is 16.5 Å². The number of nitrogens with one attached hydrogen (secondary N) is 1. The monoisotopic (exact) mass is 402 g/mol. The Hall–Kier alpha value is -2.90. The fraction of sp³-hybridized carbons (Fsp3) is 0.250. The maximum Gasteiger partial charge on any atom is 0.340 e. The molecule has 0 fully saturated rings. The lowest BCUT2D eigenvalue weighted by Gasteiger charge is -2.21. The molecule has 0 saturated heterocycles. The van der Waals surface area contributed by atoms with Crippen molar-refractivity contribution >= 4 is 17.6 Å². The van der Waals surface area contributed by atoms with Gasteiger partial charge in [-0.1, -0.05) is 54.1 Å². The summed E-state index contributed by atoms with van der Waals surface area (Å²) in [7, 11) is 0. The summed E-state index contributed by atoms with van der Waals surface area (Å²) in [6, 6.07) is 14.6. The SMILES string of the molecule is O=C(O)[C@H](CO)C[C@@H](Cc1ccc(-c2ccccc2)c(Cl)c1)Nn1c(=O)c1=O. The number of hydrogen-bond donors (Lipinski definition) is 3. The molecule has 0 saturated carbocycles. The van der Waals surface area contributed by atoms with Gasteiger partial charge in [-0.25, -0.2) is 0 Å². The third kappa shape index (κ3) is 4.49. The number of carboxylic acids is 1. The first-order chi connectivity index (χ1) is 13.4. The molecule has 3 rings (SSSR count). The number of halogens is 1. The third-order valence-corrected chi connectivity index (χ3v) is 4.90. The maximum absolute atomic E-state index is 11.3. The topological polar surface area (TPSA) is 109 Å². The van der Waals surface area contributed by atoms with Gasteiger partial charge in [0, 0.05) is 16.6 Å². The predicted molar refractivity (Wildman–Crippen MR) is 106 cm³/mol. The summed E-state index contributed by atoms with van der Waals surface area (Å²) in [5.74, 6) is -2.16. The highest BCUT2D eigenvalue weighted by Crippen LogP contribution is 2.29. The summed E-state index contributed by atoms with van der Waals surface area (Å²) in [6.45, 7) is -0.539. The van der Waals surface area contributed by atoms with E-state index < -0.39 is 35.7 Å². The molecule has 1 aromatic heterocycles. The number of benzene rings is 2. The van der Waals surface area contributed by atoms with Crippen LogP contribution in [0.15, 0.2) is 58.1 Å². The number of carbonyl (C=O) groups is 1. The van der Waals surface area contributed by atoms with Gasteiger partial charge in [-0.2, -0.15) is 4.68 Å². The van der Waals surface area contributed by atoms with E-state index in [4.69, 9.17) is 11.6 Å². The lowest BCUT2D eigenvalue weighted by atomic mass is 9.95. The minimum atomic E-state index is -1.14. The smallest absolute Gasteiger partial charge is 0.340 e. The van der Waals surface area contributed by atoms with Crippen molar-refractivity contribution in [2.75, 3.05) is 12.0 Å². The second kappa shape index (κ2) is 8.41. The minimum absolute atomic E-state index is 0.0426. The van der Waals surface area contributed by atoms with Gasteiger partial charge >= 0.3 is 17.1 Å². The predicted octanol–water partition coefficient (Wildman–Crippen LogP) is 1.64. The van der Waals surface area contributed by atoms with Gasteiger partial charge in [0.2, 0.25) is 0 Å². The highest BCUT2D eigenvalue weighted by Gasteiger charge is 2.26. The van der Waals surface area contributed by atoms with E-state index in [0.717, 1.165) is 21.4 Å². The second-order valence-electron chi connectivity index (χ2n) is 6.61. The van der Waals surface area contributed by atoms with Crippen LogP contribution in [0.2, 0.25) is 5.02 Å². The third-order valence-electron chi connectivity index (χ3n) is 4.59. The van der Waals surface area contributed by atoms with Crippen LogP contribution in [0, 0.1) is 5.92 Å². The molecular formula is C20H19ClN2O5. The van der Waals surface area contributed by atoms with Crippen LogP contribution in [0.3, 0.4) is 0 Å². The zero-order valence-corrected chi connectivity index (χ0v) is 15.6. The van der Waals surface area contributed by atoms with Gasteiger partial charge in [-0.3, -0.25) is 14.4 Å². The van der Waals surface area contributed by atoms with E-state index in [1.54, 1.807) is 6.07 Å². The number of carboxylic acid groups (broad SMARTS) is 1. The fourth-order valence-corrected chi connectivity index (χ4v) is 3.35. The standard InChI is InChI=1S/C20H19ClN2O5/c21-17-9-12(6-7-16(17)13-4-2-1-3-5-13)8-15(10-14(11-24)20(27)28)22-23-18(25)19(23)26/h1-7,9,14-15,22,24H,8,10-11H2,(H,27,28)/t14-,15+/m0/s1. The Balaban J connectivity index is 1.80. The Kier molecular flexibility index (Phi) is 5.96. The summed E-state index contributed by atoms with van der Waals surface area (Å²) >= 11 is 6.42. The fourth-order valence-electron chi connectivity index (χ4n) is 3.04. The summed E-state index contributed by atoms with van der Waals surface area (Å²) in [5, 5.41) is 19.0. The van der Waals surface area contributed by atoms with Gasteiger partial charge < -0.3 is 15.6 Å². The van der Waals surface area contributed by atoms with E-state index in [9.17, 15) is 24.6 Å². The molecule has 3 aromatic rings. The van der Waals surface area contributed by atoms with Crippen LogP contribution >= 0.6 is 11.6 Å². The second-order valence-corrected chi connectivity index (χ2v) is 7.02. The van der Waals surface area contributed by atoms with E-state index in [1.807, 2.05) is 42.5 Å². The number of nitrogens with zero attached hydrogens (tertiary/aromatic N) is 1. The molecule has 28 heavy (non-hydrogen) atoms. The zero-order chi connectivity index (χ0) is 20.3. The van der Waals surface area contributed by atoms with Crippen LogP contribution in [0.25, 0.3) is 11.1 Å². The lowest BCUT2D eigenvalue weighted by molar-refractivity contribution is -0.143. The number of aliphatic hydroxyl groups excluding tert-OH is 1. The Morgan fingerprint density at radius 3 is 2.32 bits per heavy atom. The van der Waals surface area contributed by atoms with Crippen molar-refractivity contribution in [3.8, 4) is 11.1 Å². The van der Waals surface area contributed by atoms with E-state index >= 15 is 0 Å². The maximum atomic E-state index is 11.3. The summed E-state index contributed by atoms with van der Waals surface area (Å²) in [4.78, 5) is 33.8. The quantitative estimate of drug-likeness (QED) is 0.469.